The summed E-state index contributed by atoms with van der Waals surface area (Å²) in [5.41, 5.74) is 1.02. The molecule has 8 heteroatoms. The number of thiazole rings is 1. The minimum absolute atomic E-state index is 0.0878. The minimum Gasteiger partial charge on any atom is -0.347 e. The highest BCUT2D eigenvalue weighted by Crippen LogP contribution is 2.33. The monoisotopic (exact) mass is 349 g/mol. The third kappa shape index (κ3) is 2.13. The number of carbonyl (C=O) groups is 1. The first-order valence-corrected chi connectivity index (χ1v) is 9.36. The molecule has 5 rings (SSSR count). The zero-order valence-electron chi connectivity index (χ0n) is 12.4. The average molecular weight is 349 g/mol. The normalized spacial score (nSPS) is 21.0. The first-order chi connectivity index (χ1) is 11.2. The fourth-order valence-electron chi connectivity index (χ4n) is 3.35. The van der Waals surface area contributed by atoms with Gasteiger partial charge >= 0.3 is 0 Å². The van der Waals surface area contributed by atoms with Crippen molar-refractivity contribution in [2.24, 2.45) is 0 Å². The number of fused-ring (bicyclic) bond motifs is 3. The van der Waals surface area contributed by atoms with Crippen LogP contribution in [0.4, 0.5) is 0 Å². The minimum atomic E-state index is -0.440. The number of aromatic nitrogens is 2. The van der Waals surface area contributed by atoms with Crippen LogP contribution in [0.5, 0.6) is 0 Å². The molecular formula is C15H15N3O3S2. The lowest BCUT2D eigenvalue weighted by molar-refractivity contribution is -0.181. The van der Waals surface area contributed by atoms with Crippen LogP contribution in [0.15, 0.2) is 17.6 Å². The molecule has 120 valence electrons. The van der Waals surface area contributed by atoms with Gasteiger partial charge in [0.25, 0.3) is 5.91 Å². The summed E-state index contributed by atoms with van der Waals surface area (Å²) in [5.74, 6) is -0.352. The number of imidazole rings is 1. The van der Waals surface area contributed by atoms with Crippen molar-refractivity contribution in [2.75, 3.05) is 26.3 Å². The predicted molar refractivity (Wildman–Crippen MR) is 88.2 cm³/mol. The molecule has 0 bridgehead atoms. The van der Waals surface area contributed by atoms with Crippen LogP contribution in [0.2, 0.25) is 0 Å². The van der Waals surface area contributed by atoms with E-state index >= 15 is 0 Å². The van der Waals surface area contributed by atoms with E-state index in [1.54, 1.807) is 11.3 Å². The number of likely N-dealkylation sites (tertiary alicyclic amines) is 1. The highest BCUT2D eigenvalue weighted by Gasteiger charge is 2.41. The van der Waals surface area contributed by atoms with Gasteiger partial charge in [0.2, 0.25) is 0 Å². The Morgan fingerprint density at radius 1 is 1.26 bits per heavy atom. The second kappa shape index (κ2) is 5.01. The summed E-state index contributed by atoms with van der Waals surface area (Å²) >= 11 is 3.08. The summed E-state index contributed by atoms with van der Waals surface area (Å²) in [6, 6.07) is 1.96. The molecule has 5 heterocycles. The van der Waals surface area contributed by atoms with Gasteiger partial charge in [0.1, 0.15) is 4.83 Å². The zero-order chi connectivity index (χ0) is 15.4. The van der Waals surface area contributed by atoms with Gasteiger partial charge in [-0.1, -0.05) is 0 Å². The van der Waals surface area contributed by atoms with E-state index in [0.29, 0.717) is 26.3 Å². The van der Waals surface area contributed by atoms with Gasteiger partial charge in [0, 0.05) is 37.5 Å². The number of hydrogen-bond acceptors (Lipinski definition) is 6. The summed E-state index contributed by atoms with van der Waals surface area (Å²) < 4.78 is 13.5. The van der Waals surface area contributed by atoms with Gasteiger partial charge in [-0.25, -0.2) is 4.98 Å². The Labute approximate surface area is 140 Å². The van der Waals surface area contributed by atoms with Crippen LogP contribution in [-0.2, 0) is 9.47 Å². The SMILES string of the molecule is O=C(c1cc2c(nc3sccn32)s1)N1CCC2(CC1)OCCO2. The lowest BCUT2D eigenvalue weighted by atomic mass is 10.0. The van der Waals surface area contributed by atoms with E-state index in [1.807, 2.05) is 26.9 Å². The second-order valence-corrected chi connectivity index (χ2v) is 7.77. The van der Waals surface area contributed by atoms with Crippen LogP contribution in [0, 0.1) is 0 Å². The third-order valence-electron chi connectivity index (χ3n) is 4.58. The van der Waals surface area contributed by atoms with Crippen molar-refractivity contribution < 1.29 is 14.3 Å². The Hall–Kier alpha value is -1.48. The molecule has 1 spiro atoms. The van der Waals surface area contributed by atoms with E-state index in [4.69, 9.17) is 9.47 Å². The molecule has 0 N–H and O–H groups in total. The average Bonchev–Trinajstić information content (AvgIpc) is 3.29. The maximum atomic E-state index is 12.8. The Morgan fingerprint density at radius 2 is 2.04 bits per heavy atom. The maximum Gasteiger partial charge on any atom is 0.264 e. The number of ether oxygens (including phenoxy) is 2. The smallest absolute Gasteiger partial charge is 0.264 e. The molecule has 0 aromatic carbocycles. The fourth-order valence-corrected chi connectivity index (χ4v) is 5.11. The summed E-state index contributed by atoms with van der Waals surface area (Å²) in [4.78, 5) is 21.9. The second-order valence-electron chi connectivity index (χ2n) is 5.87. The Balaban J connectivity index is 1.39. The fraction of sp³-hybridized carbons (Fsp3) is 0.467. The number of amides is 1. The lowest BCUT2D eigenvalue weighted by Crippen LogP contribution is -2.47. The van der Waals surface area contributed by atoms with Crippen molar-refractivity contribution in [1.29, 1.82) is 0 Å². The van der Waals surface area contributed by atoms with Gasteiger partial charge in [-0.3, -0.25) is 9.20 Å². The number of nitrogens with zero attached hydrogens (tertiary/aromatic N) is 3. The first-order valence-electron chi connectivity index (χ1n) is 7.66. The highest BCUT2D eigenvalue weighted by atomic mass is 32.1. The van der Waals surface area contributed by atoms with Crippen LogP contribution in [-0.4, -0.2) is 52.3 Å². The van der Waals surface area contributed by atoms with Gasteiger partial charge < -0.3 is 14.4 Å². The van der Waals surface area contributed by atoms with E-state index in [1.165, 1.54) is 11.3 Å². The van der Waals surface area contributed by atoms with Crippen molar-refractivity contribution in [3.8, 4) is 0 Å². The van der Waals surface area contributed by atoms with Crippen LogP contribution < -0.4 is 0 Å². The molecule has 2 aliphatic rings. The van der Waals surface area contributed by atoms with Gasteiger partial charge in [-0.15, -0.1) is 22.7 Å². The molecule has 0 unspecified atom stereocenters. The van der Waals surface area contributed by atoms with Crippen molar-refractivity contribution in [3.63, 3.8) is 0 Å². The molecule has 2 aliphatic heterocycles. The van der Waals surface area contributed by atoms with Gasteiger partial charge in [0.15, 0.2) is 10.7 Å². The lowest BCUT2D eigenvalue weighted by Gasteiger charge is -2.37. The number of rotatable bonds is 1. The molecule has 23 heavy (non-hydrogen) atoms. The topological polar surface area (TPSA) is 56.1 Å². The first kappa shape index (κ1) is 13.9. The largest absolute Gasteiger partial charge is 0.347 e. The predicted octanol–water partition coefficient (Wildman–Crippen LogP) is 2.59. The highest BCUT2D eigenvalue weighted by molar-refractivity contribution is 7.21. The maximum absolute atomic E-state index is 12.8. The van der Waals surface area contributed by atoms with E-state index < -0.39 is 5.79 Å². The quantitative estimate of drug-likeness (QED) is 0.678. The number of carbonyl (C=O) groups excluding carboxylic acids is 1. The molecule has 2 fully saturated rings. The van der Waals surface area contributed by atoms with E-state index in [0.717, 1.165) is 33.0 Å². The van der Waals surface area contributed by atoms with Crippen LogP contribution >= 0.6 is 22.7 Å². The molecule has 3 aromatic rings. The van der Waals surface area contributed by atoms with Crippen molar-refractivity contribution in [3.05, 3.63) is 22.5 Å². The molecule has 0 aliphatic carbocycles. The zero-order valence-corrected chi connectivity index (χ0v) is 14.0. The summed E-state index contributed by atoms with van der Waals surface area (Å²) in [7, 11) is 0. The number of piperidine rings is 1. The molecular weight excluding hydrogens is 334 g/mol. The van der Waals surface area contributed by atoms with Crippen LogP contribution in [0.25, 0.3) is 15.3 Å². The van der Waals surface area contributed by atoms with E-state index in [9.17, 15) is 4.79 Å². The Morgan fingerprint density at radius 3 is 2.83 bits per heavy atom. The molecule has 1 amide bonds. The summed E-state index contributed by atoms with van der Waals surface area (Å²) in [6.45, 7) is 2.67. The Kier molecular flexibility index (Phi) is 3.03. The number of hydrogen-bond donors (Lipinski definition) is 0. The molecule has 3 aromatic heterocycles. The van der Waals surface area contributed by atoms with Crippen molar-refractivity contribution >= 4 is 43.9 Å². The molecule has 6 nitrogen and oxygen atoms in total. The third-order valence-corrected chi connectivity index (χ3v) is 6.34. The standard InChI is InChI=1S/C15H15N3O3S2/c19-13(17-3-1-15(2-4-17)20-6-7-21-15)11-9-10-12(23-11)16-14-18(10)5-8-22-14/h5,8-9H,1-4,6-7H2. The molecule has 0 radical (unpaired) electrons. The number of thiophene rings is 1. The molecule has 0 atom stereocenters. The van der Waals surface area contributed by atoms with E-state index in [-0.39, 0.29) is 5.91 Å². The van der Waals surface area contributed by atoms with Crippen LogP contribution in [0.1, 0.15) is 22.5 Å². The van der Waals surface area contributed by atoms with Crippen LogP contribution in [0.3, 0.4) is 0 Å². The Bertz CT molecular complexity index is 880. The van der Waals surface area contributed by atoms with Crippen molar-refractivity contribution in [2.45, 2.75) is 18.6 Å². The van der Waals surface area contributed by atoms with Gasteiger partial charge in [-0.05, 0) is 6.07 Å². The summed E-state index contributed by atoms with van der Waals surface area (Å²) in [6.07, 6.45) is 3.49. The molecule has 0 saturated carbocycles. The van der Waals surface area contributed by atoms with Crippen molar-refractivity contribution in [1.82, 2.24) is 14.3 Å². The van der Waals surface area contributed by atoms with Gasteiger partial charge in [0.05, 0.1) is 23.6 Å². The van der Waals surface area contributed by atoms with E-state index in [2.05, 4.69) is 4.98 Å². The van der Waals surface area contributed by atoms with Gasteiger partial charge in [-0.2, -0.15) is 0 Å². The molecule has 2 saturated heterocycles. The summed E-state index contributed by atoms with van der Waals surface area (Å²) in [5, 5.41) is 2.01.